The van der Waals surface area contributed by atoms with Gasteiger partial charge in [0, 0.05) is 31.1 Å². The number of benzene rings is 1. The average molecular weight is 370 g/mol. The molecule has 132 valence electrons. The van der Waals surface area contributed by atoms with Gasteiger partial charge in [-0.3, -0.25) is 19.9 Å². The van der Waals surface area contributed by atoms with Crippen LogP contribution in [0.15, 0.2) is 53.8 Å². The minimum Gasteiger partial charge on any atom is -0.325 e. The maximum Gasteiger partial charge on any atom is 0.271 e. The van der Waals surface area contributed by atoms with Crippen LogP contribution in [0.4, 0.5) is 11.4 Å². The summed E-state index contributed by atoms with van der Waals surface area (Å²) in [4.78, 5) is 26.6. The Morgan fingerprint density at radius 3 is 2.85 bits per heavy atom. The molecule has 1 amide bonds. The van der Waals surface area contributed by atoms with E-state index in [9.17, 15) is 14.9 Å². The summed E-state index contributed by atoms with van der Waals surface area (Å²) in [6.45, 7) is 0. The Morgan fingerprint density at radius 2 is 2.12 bits per heavy atom. The van der Waals surface area contributed by atoms with Crippen molar-refractivity contribution in [3.63, 3.8) is 0 Å². The minimum atomic E-state index is -0.511. The summed E-state index contributed by atoms with van der Waals surface area (Å²) in [5.74, 6) is 0.404. The van der Waals surface area contributed by atoms with Gasteiger partial charge in [-0.25, -0.2) is 0 Å². The Kier molecular flexibility index (Phi) is 5.23. The number of carbonyl (C=O) groups excluding carboxylic acids is 1. The van der Waals surface area contributed by atoms with Crippen molar-refractivity contribution in [1.29, 1.82) is 0 Å². The molecule has 0 saturated heterocycles. The van der Waals surface area contributed by atoms with Crippen LogP contribution in [0.5, 0.6) is 0 Å². The second-order valence-corrected chi connectivity index (χ2v) is 6.17. The monoisotopic (exact) mass is 370 g/mol. The quantitative estimate of drug-likeness (QED) is 0.402. The van der Waals surface area contributed by atoms with Gasteiger partial charge in [-0.05, 0) is 18.2 Å². The lowest BCUT2D eigenvalue weighted by molar-refractivity contribution is -0.384. The van der Waals surface area contributed by atoms with Gasteiger partial charge in [-0.15, -0.1) is 10.2 Å². The van der Waals surface area contributed by atoms with E-state index in [-0.39, 0.29) is 17.3 Å². The van der Waals surface area contributed by atoms with Gasteiger partial charge in [0.05, 0.1) is 10.7 Å². The molecule has 0 aliphatic carbocycles. The van der Waals surface area contributed by atoms with Gasteiger partial charge in [-0.2, -0.15) is 0 Å². The van der Waals surface area contributed by atoms with E-state index < -0.39 is 4.92 Å². The fraction of sp³-hybridized carbons (Fsp3) is 0.125. The highest BCUT2D eigenvalue weighted by Gasteiger charge is 2.14. The SMILES string of the molecule is Cn1c(SCC(=O)Nc2cccc([N+](=O)[O-])c2)nnc1-c1ccccn1. The molecular formula is C16H14N6O3S. The van der Waals surface area contributed by atoms with E-state index in [1.165, 1.54) is 30.0 Å². The molecular weight excluding hydrogens is 356 g/mol. The van der Waals surface area contributed by atoms with Gasteiger partial charge >= 0.3 is 0 Å². The Bertz CT molecular complexity index is 944. The summed E-state index contributed by atoms with van der Waals surface area (Å²) in [7, 11) is 1.80. The number of nitro groups is 1. The molecule has 0 aliphatic heterocycles. The predicted molar refractivity (Wildman–Crippen MR) is 96.7 cm³/mol. The molecule has 2 aromatic heterocycles. The Labute approximate surface area is 152 Å². The number of carbonyl (C=O) groups is 1. The third-order valence-corrected chi connectivity index (χ3v) is 4.42. The normalized spacial score (nSPS) is 10.5. The maximum atomic E-state index is 12.1. The first kappa shape index (κ1) is 17.5. The molecule has 0 unspecified atom stereocenters. The first-order chi connectivity index (χ1) is 12.5. The van der Waals surface area contributed by atoms with Crippen molar-refractivity contribution in [3.05, 3.63) is 58.8 Å². The lowest BCUT2D eigenvalue weighted by Crippen LogP contribution is -2.14. The number of nitro benzene ring substituents is 1. The van der Waals surface area contributed by atoms with Crippen molar-refractivity contribution < 1.29 is 9.72 Å². The number of anilines is 1. The van der Waals surface area contributed by atoms with E-state index in [1.54, 1.807) is 23.9 Å². The summed E-state index contributed by atoms with van der Waals surface area (Å²) in [6.07, 6.45) is 1.67. The molecule has 0 saturated carbocycles. The third-order valence-electron chi connectivity index (χ3n) is 3.40. The number of pyridine rings is 1. The molecule has 3 rings (SSSR count). The van der Waals surface area contributed by atoms with E-state index in [2.05, 4.69) is 20.5 Å². The third kappa shape index (κ3) is 4.03. The number of aromatic nitrogens is 4. The first-order valence-electron chi connectivity index (χ1n) is 7.52. The Hall–Kier alpha value is -3.27. The molecule has 0 radical (unpaired) electrons. The smallest absolute Gasteiger partial charge is 0.271 e. The minimum absolute atomic E-state index is 0.0799. The van der Waals surface area contributed by atoms with Crippen molar-refractivity contribution in [2.45, 2.75) is 5.16 Å². The van der Waals surface area contributed by atoms with E-state index >= 15 is 0 Å². The molecule has 0 spiro atoms. The maximum absolute atomic E-state index is 12.1. The molecule has 10 heteroatoms. The number of non-ortho nitro benzene ring substituents is 1. The van der Waals surface area contributed by atoms with Crippen LogP contribution in [0.25, 0.3) is 11.5 Å². The number of nitrogens with zero attached hydrogens (tertiary/aromatic N) is 5. The summed E-state index contributed by atoms with van der Waals surface area (Å²) in [5.41, 5.74) is 0.982. The summed E-state index contributed by atoms with van der Waals surface area (Å²) in [5, 5.41) is 22.1. The molecule has 0 fully saturated rings. The molecule has 1 N–H and O–H groups in total. The van der Waals surface area contributed by atoms with E-state index in [1.807, 2.05) is 18.2 Å². The fourth-order valence-corrected chi connectivity index (χ4v) is 2.89. The van der Waals surface area contributed by atoms with Crippen molar-refractivity contribution in [1.82, 2.24) is 19.7 Å². The zero-order valence-electron chi connectivity index (χ0n) is 13.7. The van der Waals surface area contributed by atoms with Crippen LogP contribution in [0.2, 0.25) is 0 Å². The number of hydrogen-bond acceptors (Lipinski definition) is 7. The van der Waals surface area contributed by atoms with Crippen LogP contribution >= 0.6 is 11.8 Å². The lowest BCUT2D eigenvalue weighted by atomic mass is 10.3. The van der Waals surface area contributed by atoms with Gasteiger partial charge < -0.3 is 9.88 Å². The van der Waals surface area contributed by atoms with E-state index in [0.717, 1.165) is 0 Å². The zero-order valence-corrected chi connectivity index (χ0v) is 14.5. The number of hydrogen-bond donors (Lipinski definition) is 1. The van der Waals surface area contributed by atoms with Crippen LogP contribution in [-0.2, 0) is 11.8 Å². The zero-order chi connectivity index (χ0) is 18.5. The van der Waals surface area contributed by atoms with Gasteiger partial charge in [0.15, 0.2) is 11.0 Å². The van der Waals surface area contributed by atoms with Gasteiger partial charge in [0.2, 0.25) is 5.91 Å². The van der Waals surface area contributed by atoms with Crippen LogP contribution in [0.3, 0.4) is 0 Å². The number of thioether (sulfide) groups is 1. The Balaban J connectivity index is 1.63. The molecule has 0 aliphatic rings. The highest BCUT2D eigenvalue weighted by molar-refractivity contribution is 7.99. The Morgan fingerprint density at radius 1 is 1.27 bits per heavy atom. The van der Waals surface area contributed by atoms with Crippen LogP contribution in [-0.4, -0.2) is 36.3 Å². The van der Waals surface area contributed by atoms with Gasteiger partial charge in [-0.1, -0.05) is 23.9 Å². The van der Waals surface area contributed by atoms with Gasteiger partial charge in [0.25, 0.3) is 5.69 Å². The molecule has 0 bridgehead atoms. The molecule has 1 aromatic carbocycles. The highest BCUT2D eigenvalue weighted by Crippen LogP contribution is 2.22. The van der Waals surface area contributed by atoms with E-state index in [4.69, 9.17) is 0 Å². The summed E-state index contributed by atoms with van der Waals surface area (Å²) >= 11 is 1.22. The number of amides is 1. The average Bonchev–Trinajstić information content (AvgIpc) is 3.01. The van der Waals surface area contributed by atoms with Gasteiger partial charge in [0.1, 0.15) is 5.69 Å². The fourth-order valence-electron chi connectivity index (χ4n) is 2.18. The second kappa shape index (κ2) is 7.74. The van der Waals surface area contributed by atoms with E-state index in [0.29, 0.717) is 22.4 Å². The van der Waals surface area contributed by atoms with Crippen molar-refractivity contribution in [3.8, 4) is 11.5 Å². The largest absolute Gasteiger partial charge is 0.325 e. The number of rotatable bonds is 6. The molecule has 9 nitrogen and oxygen atoms in total. The molecule has 26 heavy (non-hydrogen) atoms. The standard InChI is InChI=1S/C16H14N6O3S/c1-21-15(13-7-2-3-8-17-13)19-20-16(21)26-10-14(23)18-11-5-4-6-12(9-11)22(24)25/h2-9H,10H2,1H3,(H,18,23). The van der Waals surface area contributed by atoms with Crippen molar-refractivity contribution in [2.24, 2.45) is 7.05 Å². The highest BCUT2D eigenvalue weighted by atomic mass is 32.2. The molecule has 3 aromatic rings. The number of nitrogens with one attached hydrogen (secondary N) is 1. The summed E-state index contributed by atoms with van der Waals surface area (Å²) in [6, 6.07) is 11.3. The summed E-state index contributed by atoms with van der Waals surface area (Å²) < 4.78 is 1.76. The molecule has 0 atom stereocenters. The lowest BCUT2D eigenvalue weighted by Gasteiger charge is -2.05. The van der Waals surface area contributed by atoms with Crippen LogP contribution in [0, 0.1) is 10.1 Å². The molecule has 2 heterocycles. The first-order valence-corrected chi connectivity index (χ1v) is 8.51. The van der Waals surface area contributed by atoms with Crippen LogP contribution < -0.4 is 5.32 Å². The predicted octanol–water partition coefficient (Wildman–Crippen LogP) is 2.52. The van der Waals surface area contributed by atoms with Crippen molar-refractivity contribution in [2.75, 3.05) is 11.1 Å². The van der Waals surface area contributed by atoms with Crippen LogP contribution in [0.1, 0.15) is 0 Å². The van der Waals surface area contributed by atoms with Crippen molar-refractivity contribution >= 4 is 29.0 Å². The topological polar surface area (TPSA) is 116 Å². The second-order valence-electron chi connectivity index (χ2n) is 5.22.